The van der Waals surface area contributed by atoms with Crippen LogP contribution in [0, 0.1) is 0 Å². The van der Waals surface area contributed by atoms with Crippen LogP contribution in [-0.4, -0.2) is 31.0 Å². The first-order chi connectivity index (χ1) is 22.8. The van der Waals surface area contributed by atoms with Crippen molar-refractivity contribution in [2.75, 3.05) is 13.1 Å². The van der Waals surface area contributed by atoms with Crippen molar-refractivity contribution in [3.8, 4) is 17.2 Å². The molecule has 0 fully saturated rings. The van der Waals surface area contributed by atoms with Gasteiger partial charge in [-0.1, -0.05) is 60.0 Å². The molecule has 12 heteroatoms. The standard InChI is InChI=1S/C35H40N6O6/c1-3-4-9-32(42)45-29-18-12-26(13-19-29)35(2,27-14-20-30(21-15-27)46-33(43)10-5-7-24-38-40-36)28-16-22-31(23-17-28)47-34(44)11-6-8-25-39-41-37/h12-23H,3-11,24-25H2,1-2H3. The minimum absolute atomic E-state index is 0.211. The highest BCUT2D eigenvalue weighted by atomic mass is 16.5. The lowest BCUT2D eigenvalue weighted by Gasteiger charge is -2.32. The van der Waals surface area contributed by atoms with Gasteiger partial charge in [-0.3, -0.25) is 14.4 Å². The molecule has 0 radical (unpaired) electrons. The van der Waals surface area contributed by atoms with Crippen LogP contribution < -0.4 is 14.2 Å². The molecule has 47 heavy (non-hydrogen) atoms. The maximum atomic E-state index is 12.3. The lowest BCUT2D eigenvalue weighted by Crippen LogP contribution is -2.25. The van der Waals surface area contributed by atoms with Crippen LogP contribution in [0.4, 0.5) is 0 Å². The molecule has 0 aromatic heterocycles. The lowest BCUT2D eigenvalue weighted by atomic mass is 9.71. The monoisotopic (exact) mass is 640 g/mol. The maximum absolute atomic E-state index is 12.3. The molecule has 0 saturated heterocycles. The molecular formula is C35H40N6O6. The Hall–Kier alpha value is -5.31. The Kier molecular flexibility index (Phi) is 14.8. The molecule has 3 rings (SSSR count). The number of carbonyl (C=O) groups excluding carboxylic acids is 3. The summed E-state index contributed by atoms with van der Waals surface area (Å²) >= 11 is 0. The van der Waals surface area contributed by atoms with Crippen LogP contribution >= 0.6 is 0 Å². The van der Waals surface area contributed by atoms with Crippen LogP contribution in [0.15, 0.2) is 83.0 Å². The smallest absolute Gasteiger partial charge is 0.311 e. The van der Waals surface area contributed by atoms with Crippen LogP contribution in [0.5, 0.6) is 17.2 Å². The molecule has 0 aliphatic carbocycles. The zero-order valence-corrected chi connectivity index (χ0v) is 26.8. The number of benzene rings is 3. The molecule has 246 valence electrons. The molecule has 0 unspecified atom stereocenters. The summed E-state index contributed by atoms with van der Waals surface area (Å²) in [5.74, 6) is 0.265. The highest BCUT2D eigenvalue weighted by Crippen LogP contribution is 2.40. The minimum atomic E-state index is -0.696. The van der Waals surface area contributed by atoms with Crippen molar-refractivity contribution in [2.24, 2.45) is 10.2 Å². The van der Waals surface area contributed by atoms with Gasteiger partial charge >= 0.3 is 17.9 Å². The summed E-state index contributed by atoms with van der Waals surface area (Å²) in [5, 5.41) is 6.94. The third-order valence-corrected chi connectivity index (χ3v) is 7.63. The third-order valence-electron chi connectivity index (χ3n) is 7.63. The Bertz CT molecular complexity index is 1480. The number of hydrogen-bond donors (Lipinski definition) is 0. The lowest BCUT2D eigenvalue weighted by molar-refractivity contribution is -0.135. The van der Waals surface area contributed by atoms with E-state index in [-0.39, 0.29) is 30.7 Å². The van der Waals surface area contributed by atoms with E-state index in [1.54, 1.807) is 36.4 Å². The highest BCUT2D eigenvalue weighted by Gasteiger charge is 2.31. The van der Waals surface area contributed by atoms with Crippen molar-refractivity contribution < 1.29 is 28.6 Å². The second-order valence-electron chi connectivity index (χ2n) is 11.0. The van der Waals surface area contributed by atoms with Gasteiger partial charge in [0, 0.05) is 47.6 Å². The van der Waals surface area contributed by atoms with E-state index in [1.165, 1.54) is 0 Å². The number of unbranched alkanes of at least 4 members (excludes halogenated alkanes) is 3. The third kappa shape index (κ3) is 11.5. The minimum Gasteiger partial charge on any atom is -0.427 e. The van der Waals surface area contributed by atoms with Crippen LogP contribution in [0.1, 0.15) is 88.3 Å². The maximum Gasteiger partial charge on any atom is 0.311 e. The van der Waals surface area contributed by atoms with E-state index in [0.717, 1.165) is 29.5 Å². The van der Waals surface area contributed by atoms with Gasteiger partial charge in [0.1, 0.15) is 17.2 Å². The zero-order chi connectivity index (χ0) is 33.9. The molecule has 0 atom stereocenters. The van der Waals surface area contributed by atoms with Gasteiger partial charge in [0.25, 0.3) is 0 Å². The average molecular weight is 641 g/mol. The first-order valence-electron chi connectivity index (χ1n) is 15.8. The Morgan fingerprint density at radius 3 is 1.19 bits per heavy atom. The molecule has 0 spiro atoms. The Labute approximate surface area is 274 Å². The number of hydrogen-bond acceptors (Lipinski definition) is 8. The SMILES string of the molecule is CCCCC(=O)Oc1ccc(C(C)(c2ccc(OC(=O)CCCCN=[N+]=[N-])cc2)c2ccc(OC(=O)CCCCN=[N+]=[N-])cc2)cc1. The molecule has 0 aliphatic heterocycles. The summed E-state index contributed by atoms with van der Waals surface area (Å²) in [7, 11) is 0. The summed E-state index contributed by atoms with van der Waals surface area (Å²) in [5.41, 5.74) is 18.8. The Morgan fingerprint density at radius 1 is 0.574 bits per heavy atom. The molecule has 0 saturated carbocycles. The molecule has 0 aliphatic rings. The largest absolute Gasteiger partial charge is 0.427 e. The van der Waals surface area contributed by atoms with E-state index in [1.807, 2.05) is 43.3 Å². The highest BCUT2D eigenvalue weighted by molar-refractivity contribution is 5.73. The topological polar surface area (TPSA) is 176 Å². The Morgan fingerprint density at radius 2 is 0.894 bits per heavy atom. The number of azide groups is 2. The van der Waals surface area contributed by atoms with Gasteiger partial charge in [-0.05, 0) is 103 Å². The molecule has 0 amide bonds. The summed E-state index contributed by atoms with van der Waals surface area (Å²) in [6.07, 6.45) is 4.76. The quantitative estimate of drug-likeness (QED) is 0.0240. The first kappa shape index (κ1) is 36.2. The fourth-order valence-electron chi connectivity index (χ4n) is 4.93. The van der Waals surface area contributed by atoms with Gasteiger partial charge < -0.3 is 14.2 Å². The average Bonchev–Trinajstić information content (AvgIpc) is 3.08. The predicted octanol–water partition coefficient (Wildman–Crippen LogP) is 8.91. The van der Waals surface area contributed by atoms with Gasteiger partial charge in [-0.2, -0.15) is 0 Å². The van der Waals surface area contributed by atoms with Crippen molar-refractivity contribution in [1.82, 2.24) is 0 Å². The number of nitrogens with zero attached hydrogens (tertiary/aromatic N) is 6. The van der Waals surface area contributed by atoms with Gasteiger partial charge in [0.05, 0.1) is 0 Å². The van der Waals surface area contributed by atoms with E-state index in [0.29, 0.717) is 62.4 Å². The van der Waals surface area contributed by atoms with Gasteiger partial charge in [-0.25, -0.2) is 0 Å². The fourth-order valence-corrected chi connectivity index (χ4v) is 4.93. The number of ether oxygens (including phenoxy) is 3. The summed E-state index contributed by atoms with van der Waals surface area (Å²) in [6.45, 7) is 4.75. The normalized spacial score (nSPS) is 11.7. The summed E-state index contributed by atoms with van der Waals surface area (Å²) in [6, 6.07) is 21.9. The molecule has 0 heterocycles. The van der Waals surface area contributed by atoms with Crippen LogP contribution in [0.3, 0.4) is 0 Å². The van der Waals surface area contributed by atoms with Crippen molar-refractivity contribution in [3.63, 3.8) is 0 Å². The summed E-state index contributed by atoms with van der Waals surface area (Å²) < 4.78 is 16.6. The van der Waals surface area contributed by atoms with E-state index < -0.39 is 5.41 Å². The van der Waals surface area contributed by atoms with E-state index >= 15 is 0 Å². The van der Waals surface area contributed by atoms with E-state index in [9.17, 15) is 14.4 Å². The van der Waals surface area contributed by atoms with E-state index in [2.05, 4.69) is 27.0 Å². The zero-order valence-electron chi connectivity index (χ0n) is 26.8. The number of carbonyl (C=O) groups is 3. The number of rotatable bonds is 19. The molecule has 12 nitrogen and oxygen atoms in total. The molecule has 0 bridgehead atoms. The van der Waals surface area contributed by atoms with Gasteiger partial charge in [-0.15, -0.1) is 0 Å². The van der Waals surface area contributed by atoms with E-state index in [4.69, 9.17) is 25.3 Å². The molecule has 3 aromatic rings. The second kappa shape index (κ2) is 19.3. The first-order valence-corrected chi connectivity index (χ1v) is 15.8. The second-order valence-corrected chi connectivity index (χ2v) is 11.0. The van der Waals surface area contributed by atoms with Crippen molar-refractivity contribution in [2.45, 2.75) is 77.0 Å². The van der Waals surface area contributed by atoms with Crippen molar-refractivity contribution in [1.29, 1.82) is 0 Å². The van der Waals surface area contributed by atoms with Crippen LogP contribution in [-0.2, 0) is 19.8 Å². The molecular weight excluding hydrogens is 600 g/mol. The Balaban J connectivity index is 1.82. The van der Waals surface area contributed by atoms with Crippen molar-refractivity contribution in [3.05, 3.63) is 110 Å². The van der Waals surface area contributed by atoms with Crippen molar-refractivity contribution >= 4 is 17.9 Å². The summed E-state index contributed by atoms with van der Waals surface area (Å²) in [4.78, 5) is 42.3. The fraction of sp³-hybridized carbons (Fsp3) is 0.400. The van der Waals surface area contributed by atoms with Crippen LogP contribution in [0.2, 0.25) is 0 Å². The van der Waals surface area contributed by atoms with Crippen LogP contribution in [0.25, 0.3) is 20.9 Å². The molecule has 0 N–H and O–H groups in total. The van der Waals surface area contributed by atoms with Gasteiger partial charge in [0.15, 0.2) is 0 Å². The molecule has 3 aromatic carbocycles. The number of esters is 3. The van der Waals surface area contributed by atoms with Gasteiger partial charge in [0.2, 0.25) is 0 Å². The predicted molar refractivity (Wildman–Crippen MR) is 177 cm³/mol.